The minimum absolute atomic E-state index is 0.482. The molecule has 0 aliphatic rings. The molecule has 1 heterocycles. The molecule has 0 atom stereocenters. The minimum atomic E-state index is 0.482. The van der Waals surface area contributed by atoms with E-state index in [1.165, 1.54) is 11.1 Å². The van der Waals surface area contributed by atoms with Crippen molar-refractivity contribution in [3.8, 4) is 5.75 Å². The van der Waals surface area contributed by atoms with Crippen molar-refractivity contribution in [2.24, 2.45) is 5.73 Å². The molecule has 2 N–H and O–H groups in total. The van der Waals surface area contributed by atoms with Gasteiger partial charge in [-0.15, -0.1) is 0 Å². The number of aryl methyl sites for hydroxylation is 2. The largest absolute Gasteiger partial charge is 0.487 e. The van der Waals surface area contributed by atoms with Crippen LogP contribution in [0.2, 0.25) is 0 Å². The summed E-state index contributed by atoms with van der Waals surface area (Å²) in [5.41, 5.74) is 11.1. The lowest BCUT2D eigenvalue weighted by atomic mass is 10.1. The monoisotopic (exact) mass is 256 g/mol. The molecule has 0 unspecified atom stereocenters. The van der Waals surface area contributed by atoms with E-state index in [2.05, 4.69) is 37.9 Å². The molecule has 0 radical (unpaired) electrons. The average molecular weight is 256 g/mol. The van der Waals surface area contributed by atoms with Crippen LogP contribution in [0, 0.1) is 20.8 Å². The predicted molar refractivity (Wildman–Crippen MR) is 77.1 cm³/mol. The first-order chi connectivity index (χ1) is 9.11. The number of nitrogens with zero attached hydrogens (tertiary/aromatic N) is 1. The van der Waals surface area contributed by atoms with Gasteiger partial charge in [-0.2, -0.15) is 0 Å². The third kappa shape index (κ3) is 3.12. The SMILES string of the molecule is Cc1ccc(C)c(OCc2ccc(CN)cn2)c1C. The topological polar surface area (TPSA) is 48.1 Å². The van der Waals surface area contributed by atoms with Crippen molar-refractivity contribution in [1.82, 2.24) is 4.98 Å². The maximum atomic E-state index is 5.91. The Morgan fingerprint density at radius 1 is 1.05 bits per heavy atom. The lowest BCUT2D eigenvalue weighted by molar-refractivity contribution is 0.297. The Morgan fingerprint density at radius 2 is 1.79 bits per heavy atom. The van der Waals surface area contributed by atoms with Crippen LogP contribution in [-0.4, -0.2) is 4.98 Å². The first kappa shape index (κ1) is 13.6. The van der Waals surface area contributed by atoms with Crippen molar-refractivity contribution in [1.29, 1.82) is 0 Å². The molecule has 1 aromatic heterocycles. The molecule has 0 fully saturated rings. The van der Waals surface area contributed by atoms with E-state index in [1.54, 1.807) is 6.20 Å². The number of benzene rings is 1. The Labute approximate surface area is 114 Å². The lowest BCUT2D eigenvalue weighted by Crippen LogP contribution is -2.03. The molecule has 0 saturated heterocycles. The van der Waals surface area contributed by atoms with Crippen LogP contribution in [0.25, 0.3) is 0 Å². The summed E-state index contributed by atoms with van der Waals surface area (Å²) in [6.07, 6.45) is 1.80. The summed E-state index contributed by atoms with van der Waals surface area (Å²) in [5, 5.41) is 0. The van der Waals surface area contributed by atoms with Gasteiger partial charge in [-0.25, -0.2) is 0 Å². The van der Waals surface area contributed by atoms with Crippen molar-refractivity contribution in [2.75, 3.05) is 0 Å². The molecular weight excluding hydrogens is 236 g/mol. The van der Waals surface area contributed by atoms with Gasteiger partial charge in [-0.3, -0.25) is 4.98 Å². The molecule has 0 aliphatic carbocycles. The minimum Gasteiger partial charge on any atom is -0.487 e. The Balaban J connectivity index is 2.12. The summed E-state index contributed by atoms with van der Waals surface area (Å²) in [7, 11) is 0. The molecule has 19 heavy (non-hydrogen) atoms. The average Bonchev–Trinajstić information content (AvgIpc) is 2.44. The standard InChI is InChI=1S/C16H20N2O/c1-11-4-5-12(2)16(13(11)3)19-10-15-7-6-14(8-17)9-18-15/h4-7,9H,8,10,17H2,1-3H3. The summed E-state index contributed by atoms with van der Waals surface area (Å²) in [6, 6.07) is 8.15. The van der Waals surface area contributed by atoms with Crippen LogP contribution in [0.5, 0.6) is 5.75 Å². The van der Waals surface area contributed by atoms with Gasteiger partial charge in [-0.05, 0) is 49.1 Å². The third-order valence-electron chi connectivity index (χ3n) is 3.36. The predicted octanol–water partition coefficient (Wildman–Crippen LogP) is 3.04. The molecule has 100 valence electrons. The van der Waals surface area contributed by atoms with Gasteiger partial charge in [0.05, 0.1) is 5.69 Å². The van der Waals surface area contributed by atoms with E-state index in [1.807, 2.05) is 12.1 Å². The fourth-order valence-electron chi connectivity index (χ4n) is 1.95. The summed E-state index contributed by atoms with van der Waals surface area (Å²) in [4.78, 5) is 4.34. The number of rotatable bonds is 4. The van der Waals surface area contributed by atoms with Crippen LogP contribution in [-0.2, 0) is 13.2 Å². The second-order valence-electron chi connectivity index (χ2n) is 4.80. The maximum Gasteiger partial charge on any atom is 0.130 e. The van der Waals surface area contributed by atoms with E-state index in [0.29, 0.717) is 13.2 Å². The zero-order chi connectivity index (χ0) is 13.8. The maximum absolute atomic E-state index is 5.91. The molecule has 0 spiro atoms. The normalized spacial score (nSPS) is 10.5. The van der Waals surface area contributed by atoms with E-state index in [9.17, 15) is 0 Å². The molecule has 0 saturated carbocycles. The molecule has 0 amide bonds. The number of hydrogen-bond acceptors (Lipinski definition) is 3. The highest BCUT2D eigenvalue weighted by molar-refractivity contribution is 5.44. The molecule has 2 aromatic rings. The molecule has 0 bridgehead atoms. The van der Waals surface area contributed by atoms with Crippen molar-refractivity contribution >= 4 is 0 Å². The lowest BCUT2D eigenvalue weighted by Gasteiger charge is -2.13. The van der Waals surface area contributed by atoms with E-state index in [-0.39, 0.29) is 0 Å². The Hall–Kier alpha value is -1.87. The fraction of sp³-hybridized carbons (Fsp3) is 0.312. The molecule has 3 heteroatoms. The van der Waals surface area contributed by atoms with Gasteiger partial charge in [0.1, 0.15) is 12.4 Å². The molecule has 2 rings (SSSR count). The second kappa shape index (κ2) is 5.85. The number of hydrogen-bond donors (Lipinski definition) is 1. The Bertz CT molecular complexity index is 562. The first-order valence-electron chi connectivity index (χ1n) is 6.45. The van der Waals surface area contributed by atoms with Crippen LogP contribution >= 0.6 is 0 Å². The summed E-state index contributed by atoms with van der Waals surface area (Å²) in [6.45, 7) is 7.24. The van der Waals surface area contributed by atoms with E-state index < -0.39 is 0 Å². The highest BCUT2D eigenvalue weighted by Crippen LogP contribution is 2.26. The van der Waals surface area contributed by atoms with E-state index >= 15 is 0 Å². The zero-order valence-corrected chi connectivity index (χ0v) is 11.7. The van der Waals surface area contributed by atoms with Crippen LogP contribution in [0.4, 0.5) is 0 Å². The van der Waals surface area contributed by atoms with Gasteiger partial charge < -0.3 is 10.5 Å². The zero-order valence-electron chi connectivity index (χ0n) is 11.7. The number of aromatic nitrogens is 1. The van der Waals surface area contributed by atoms with Gasteiger partial charge >= 0.3 is 0 Å². The summed E-state index contributed by atoms with van der Waals surface area (Å²) >= 11 is 0. The van der Waals surface area contributed by atoms with Gasteiger partial charge in [-0.1, -0.05) is 18.2 Å². The fourth-order valence-corrected chi connectivity index (χ4v) is 1.95. The second-order valence-corrected chi connectivity index (χ2v) is 4.80. The highest BCUT2D eigenvalue weighted by atomic mass is 16.5. The molecule has 1 aromatic carbocycles. The molecule has 3 nitrogen and oxygen atoms in total. The Kier molecular flexibility index (Phi) is 4.17. The number of pyridine rings is 1. The molecular formula is C16H20N2O. The van der Waals surface area contributed by atoms with Crippen LogP contribution in [0.3, 0.4) is 0 Å². The van der Waals surface area contributed by atoms with E-state index in [0.717, 1.165) is 22.6 Å². The van der Waals surface area contributed by atoms with Crippen LogP contribution in [0.15, 0.2) is 30.5 Å². The highest BCUT2D eigenvalue weighted by Gasteiger charge is 2.07. The Morgan fingerprint density at radius 3 is 2.42 bits per heavy atom. The molecule has 0 aliphatic heterocycles. The van der Waals surface area contributed by atoms with Crippen molar-refractivity contribution in [2.45, 2.75) is 33.9 Å². The number of nitrogens with two attached hydrogens (primary N) is 1. The smallest absolute Gasteiger partial charge is 0.130 e. The summed E-state index contributed by atoms with van der Waals surface area (Å²) in [5.74, 6) is 0.963. The first-order valence-corrected chi connectivity index (χ1v) is 6.45. The van der Waals surface area contributed by atoms with Crippen molar-refractivity contribution < 1.29 is 4.74 Å². The van der Waals surface area contributed by atoms with Crippen molar-refractivity contribution in [3.63, 3.8) is 0 Å². The van der Waals surface area contributed by atoms with Gasteiger partial charge in [0.25, 0.3) is 0 Å². The van der Waals surface area contributed by atoms with Crippen LogP contribution < -0.4 is 10.5 Å². The van der Waals surface area contributed by atoms with Gasteiger partial charge in [0.15, 0.2) is 0 Å². The van der Waals surface area contributed by atoms with Crippen molar-refractivity contribution in [3.05, 3.63) is 58.4 Å². The summed E-state index contributed by atoms with van der Waals surface area (Å²) < 4.78 is 5.91. The van der Waals surface area contributed by atoms with Gasteiger partial charge in [0.2, 0.25) is 0 Å². The van der Waals surface area contributed by atoms with Gasteiger partial charge in [0, 0.05) is 12.7 Å². The quantitative estimate of drug-likeness (QED) is 0.914. The van der Waals surface area contributed by atoms with E-state index in [4.69, 9.17) is 10.5 Å². The third-order valence-corrected chi connectivity index (χ3v) is 3.36. The number of ether oxygens (including phenoxy) is 1. The van der Waals surface area contributed by atoms with Crippen LogP contribution in [0.1, 0.15) is 27.9 Å².